The first kappa shape index (κ1) is 26.0. The van der Waals surface area contributed by atoms with E-state index in [1.165, 1.54) is 18.3 Å². The number of rotatable bonds is 8. The van der Waals surface area contributed by atoms with E-state index in [1.54, 1.807) is 13.0 Å². The first-order valence-corrected chi connectivity index (χ1v) is 12.9. The lowest BCUT2D eigenvalue weighted by Gasteiger charge is -2.17. The van der Waals surface area contributed by atoms with Gasteiger partial charge in [0.2, 0.25) is 0 Å². The standard InChI is InChI=1S/C29H28N2O5S/c1-5-22-17(3)25(20-14-10-11-15-23(20)30-22)29(34)36-18(4)26(32)31-27-21(28(33)35-6-2)16-24(37-27)19-12-8-7-9-13-19/h7-16,18H,5-6H2,1-4H3,(H,31,32)/t18-/m1/s1. The summed E-state index contributed by atoms with van der Waals surface area (Å²) in [5.41, 5.74) is 3.78. The van der Waals surface area contributed by atoms with Crippen LogP contribution in [-0.4, -0.2) is 35.5 Å². The number of carbonyl (C=O) groups is 3. The van der Waals surface area contributed by atoms with Gasteiger partial charge in [-0.3, -0.25) is 9.78 Å². The van der Waals surface area contributed by atoms with Gasteiger partial charge in [-0.05, 0) is 50.5 Å². The SMILES string of the molecule is CCOC(=O)c1cc(-c2ccccc2)sc1NC(=O)[C@@H](C)OC(=O)c1c(C)c(CC)nc2ccccc12. The van der Waals surface area contributed by atoms with Crippen molar-refractivity contribution in [2.24, 2.45) is 0 Å². The van der Waals surface area contributed by atoms with Gasteiger partial charge in [0.1, 0.15) is 5.00 Å². The van der Waals surface area contributed by atoms with Gasteiger partial charge in [0.05, 0.1) is 23.3 Å². The number of esters is 2. The van der Waals surface area contributed by atoms with Gasteiger partial charge in [0.25, 0.3) is 5.91 Å². The topological polar surface area (TPSA) is 94.6 Å². The number of ether oxygens (including phenoxy) is 2. The zero-order valence-corrected chi connectivity index (χ0v) is 22.0. The molecule has 0 radical (unpaired) electrons. The summed E-state index contributed by atoms with van der Waals surface area (Å²) < 4.78 is 10.8. The minimum Gasteiger partial charge on any atom is -0.462 e. The van der Waals surface area contributed by atoms with E-state index < -0.39 is 23.9 Å². The van der Waals surface area contributed by atoms with E-state index in [2.05, 4.69) is 10.3 Å². The fourth-order valence-corrected chi connectivity index (χ4v) is 5.10. The summed E-state index contributed by atoms with van der Waals surface area (Å²) in [5, 5.41) is 3.77. The second kappa shape index (κ2) is 11.3. The van der Waals surface area contributed by atoms with Crippen LogP contribution >= 0.6 is 11.3 Å². The van der Waals surface area contributed by atoms with Crippen molar-refractivity contribution in [2.45, 2.75) is 40.2 Å². The highest BCUT2D eigenvalue weighted by Crippen LogP contribution is 2.36. The number of anilines is 1. The molecule has 2 aromatic heterocycles. The van der Waals surface area contributed by atoms with Gasteiger partial charge in [0, 0.05) is 16.0 Å². The molecule has 1 amide bonds. The first-order valence-electron chi connectivity index (χ1n) is 12.1. The number of hydrogen-bond acceptors (Lipinski definition) is 7. The summed E-state index contributed by atoms with van der Waals surface area (Å²) in [5.74, 6) is -1.69. The maximum Gasteiger partial charge on any atom is 0.341 e. The average Bonchev–Trinajstić information content (AvgIpc) is 3.32. The summed E-state index contributed by atoms with van der Waals surface area (Å²) in [7, 11) is 0. The molecule has 0 aliphatic carbocycles. The normalized spacial score (nSPS) is 11.7. The zero-order chi connectivity index (χ0) is 26.5. The largest absolute Gasteiger partial charge is 0.462 e. The molecule has 1 atom stereocenters. The monoisotopic (exact) mass is 516 g/mol. The number of thiophene rings is 1. The van der Waals surface area contributed by atoms with Crippen LogP contribution in [0.3, 0.4) is 0 Å². The molecule has 7 nitrogen and oxygen atoms in total. The molecular formula is C29H28N2O5S. The number of para-hydroxylation sites is 1. The van der Waals surface area contributed by atoms with Crippen molar-refractivity contribution < 1.29 is 23.9 Å². The lowest BCUT2D eigenvalue weighted by molar-refractivity contribution is -0.123. The minimum absolute atomic E-state index is 0.204. The fourth-order valence-electron chi connectivity index (χ4n) is 4.04. The molecule has 0 unspecified atom stereocenters. The summed E-state index contributed by atoms with van der Waals surface area (Å²) in [6, 6.07) is 18.6. The fraction of sp³-hybridized carbons (Fsp3) is 0.241. The highest BCUT2D eigenvalue weighted by molar-refractivity contribution is 7.20. The van der Waals surface area contributed by atoms with E-state index in [9.17, 15) is 14.4 Å². The molecule has 0 bridgehead atoms. The molecule has 0 aliphatic heterocycles. The van der Waals surface area contributed by atoms with Crippen LogP contribution < -0.4 is 5.32 Å². The van der Waals surface area contributed by atoms with Gasteiger partial charge in [-0.25, -0.2) is 9.59 Å². The average molecular weight is 517 g/mol. The summed E-state index contributed by atoms with van der Waals surface area (Å²) in [4.78, 5) is 44.4. The predicted octanol–water partition coefficient (Wildman–Crippen LogP) is 6.19. The van der Waals surface area contributed by atoms with Crippen molar-refractivity contribution in [3.63, 3.8) is 0 Å². The van der Waals surface area contributed by atoms with Crippen molar-refractivity contribution in [2.75, 3.05) is 11.9 Å². The number of pyridine rings is 1. The van der Waals surface area contributed by atoms with E-state index in [4.69, 9.17) is 9.47 Å². The predicted molar refractivity (Wildman–Crippen MR) is 145 cm³/mol. The molecular weight excluding hydrogens is 488 g/mol. The van der Waals surface area contributed by atoms with Crippen LogP contribution in [0.15, 0.2) is 60.7 Å². The number of nitrogens with one attached hydrogen (secondary N) is 1. The molecule has 8 heteroatoms. The molecule has 1 N–H and O–H groups in total. The smallest absolute Gasteiger partial charge is 0.341 e. The molecule has 0 aliphatic rings. The van der Waals surface area contributed by atoms with Crippen LogP contribution in [0.5, 0.6) is 0 Å². The van der Waals surface area contributed by atoms with E-state index in [-0.39, 0.29) is 12.2 Å². The Morgan fingerprint density at radius 1 is 1.00 bits per heavy atom. The van der Waals surface area contributed by atoms with Gasteiger partial charge in [-0.2, -0.15) is 0 Å². The Kier molecular flexibility index (Phi) is 7.98. The number of nitrogens with zero attached hydrogens (tertiary/aromatic N) is 1. The first-order chi connectivity index (χ1) is 17.8. The van der Waals surface area contributed by atoms with Gasteiger partial charge >= 0.3 is 11.9 Å². The van der Waals surface area contributed by atoms with Crippen molar-refractivity contribution in [1.29, 1.82) is 0 Å². The Morgan fingerprint density at radius 3 is 2.41 bits per heavy atom. The third kappa shape index (κ3) is 5.54. The van der Waals surface area contributed by atoms with Crippen LogP contribution in [0.25, 0.3) is 21.3 Å². The Hall–Kier alpha value is -4.04. The quantitative estimate of drug-likeness (QED) is 0.281. The number of amides is 1. The van der Waals surface area contributed by atoms with E-state index >= 15 is 0 Å². The highest BCUT2D eigenvalue weighted by atomic mass is 32.1. The lowest BCUT2D eigenvalue weighted by Crippen LogP contribution is -2.30. The Balaban J connectivity index is 1.58. The van der Waals surface area contributed by atoms with Gasteiger partial charge in [0.15, 0.2) is 6.10 Å². The van der Waals surface area contributed by atoms with Gasteiger partial charge in [-0.15, -0.1) is 11.3 Å². The van der Waals surface area contributed by atoms with Crippen LogP contribution in [0.1, 0.15) is 52.7 Å². The van der Waals surface area contributed by atoms with Crippen LogP contribution in [0, 0.1) is 6.92 Å². The van der Waals surface area contributed by atoms with Crippen molar-refractivity contribution >= 4 is 45.1 Å². The molecule has 4 aromatic rings. The number of benzene rings is 2. The van der Waals surface area contributed by atoms with Crippen LogP contribution in [0.2, 0.25) is 0 Å². The van der Waals surface area contributed by atoms with E-state index in [0.717, 1.165) is 21.7 Å². The molecule has 190 valence electrons. The Bertz CT molecular complexity index is 1460. The van der Waals surface area contributed by atoms with Crippen molar-refractivity contribution in [3.05, 3.63) is 83.0 Å². The molecule has 2 heterocycles. The van der Waals surface area contributed by atoms with Crippen LogP contribution in [0.4, 0.5) is 5.00 Å². The van der Waals surface area contributed by atoms with E-state index in [1.807, 2.05) is 68.4 Å². The molecule has 2 aromatic carbocycles. The van der Waals surface area contributed by atoms with Crippen LogP contribution in [-0.2, 0) is 20.7 Å². The molecule has 0 saturated heterocycles. The van der Waals surface area contributed by atoms with Gasteiger partial charge < -0.3 is 14.8 Å². The summed E-state index contributed by atoms with van der Waals surface area (Å²) >= 11 is 1.26. The number of carbonyl (C=O) groups excluding carboxylic acids is 3. The third-order valence-corrected chi connectivity index (χ3v) is 7.05. The molecule has 37 heavy (non-hydrogen) atoms. The second-order valence-corrected chi connectivity index (χ2v) is 9.46. The molecule has 0 fully saturated rings. The molecule has 4 rings (SSSR count). The molecule has 0 spiro atoms. The summed E-state index contributed by atoms with van der Waals surface area (Å²) in [6.45, 7) is 7.23. The minimum atomic E-state index is -1.11. The number of aromatic nitrogens is 1. The summed E-state index contributed by atoms with van der Waals surface area (Å²) in [6.07, 6.45) is -0.451. The lowest BCUT2D eigenvalue weighted by atomic mass is 10.0. The second-order valence-electron chi connectivity index (χ2n) is 8.41. The Morgan fingerprint density at radius 2 is 1.70 bits per heavy atom. The maximum absolute atomic E-state index is 13.3. The number of aryl methyl sites for hydroxylation is 1. The zero-order valence-electron chi connectivity index (χ0n) is 21.2. The van der Waals surface area contributed by atoms with Crippen molar-refractivity contribution in [1.82, 2.24) is 4.98 Å². The Labute approximate surface area is 219 Å². The number of hydrogen-bond donors (Lipinski definition) is 1. The third-order valence-electron chi connectivity index (χ3n) is 5.95. The molecule has 0 saturated carbocycles. The number of fused-ring (bicyclic) bond motifs is 1. The highest BCUT2D eigenvalue weighted by Gasteiger charge is 2.26. The van der Waals surface area contributed by atoms with Gasteiger partial charge in [-0.1, -0.05) is 55.5 Å². The maximum atomic E-state index is 13.3. The van der Waals surface area contributed by atoms with E-state index in [0.29, 0.717) is 27.9 Å². The van der Waals surface area contributed by atoms with Crippen molar-refractivity contribution in [3.8, 4) is 10.4 Å².